The fraction of sp³-hybridized carbons (Fsp3) is 0.733. The number of esters is 1. The number of carboxylic acids is 1. The molecule has 0 heterocycles. The summed E-state index contributed by atoms with van der Waals surface area (Å²) in [7, 11) is 0. The SMILES string of the molecule is CCCC=COC(=O)CCCCCCCCC(=O)O. The molecule has 110 valence electrons. The molecule has 0 saturated carbocycles. The number of hydrogen-bond donors (Lipinski definition) is 1. The van der Waals surface area contributed by atoms with Gasteiger partial charge in [0.15, 0.2) is 0 Å². The predicted molar refractivity (Wildman–Crippen MR) is 74.7 cm³/mol. The molecule has 0 aromatic heterocycles. The molecule has 0 aliphatic carbocycles. The van der Waals surface area contributed by atoms with Gasteiger partial charge in [0.1, 0.15) is 0 Å². The van der Waals surface area contributed by atoms with Gasteiger partial charge in [0, 0.05) is 12.8 Å². The molecule has 0 rings (SSSR count). The first-order valence-electron chi connectivity index (χ1n) is 7.23. The first-order valence-corrected chi connectivity index (χ1v) is 7.23. The molecule has 0 aromatic carbocycles. The highest BCUT2D eigenvalue weighted by Gasteiger charge is 2.01. The Balaban J connectivity index is 3.25. The van der Waals surface area contributed by atoms with Crippen molar-refractivity contribution in [3.8, 4) is 0 Å². The molecule has 4 heteroatoms. The van der Waals surface area contributed by atoms with Crippen molar-refractivity contribution in [1.82, 2.24) is 0 Å². The van der Waals surface area contributed by atoms with Gasteiger partial charge in [0.25, 0.3) is 0 Å². The van der Waals surface area contributed by atoms with Crippen LogP contribution in [0.25, 0.3) is 0 Å². The molecule has 0 saturated heterocycles. The third kappa shape index (κ3) is 14.6. The second-order valence-electron chi connectivity index (χ2n) is 4.67. The molecule has 0 unspecified atom stereocenters. The van der Waals surface area contributed by atoms with E-state index in [0.29, 0.717) is 6.42 Å². The van der Waals surface area contributed by atoms with Crippen molar-refractivity contribution >= 4 is 11.9 Å². The molecule has 4 nitrogen and oxygen atoms in total. The first-order chi connectivity index (χ1) is 9.16. The summed E-state index contributed by atoms with van der Waals surface area (Å²) < 4.78 is 4.93. The summed E-state index contributed by atoms with van der Waals surface area (Å²) in [5.74, 6) is -0.892. The van der Waals surface area contributed by atoms with Gasteiger partial charge in [-0.3, -0.25) is 9.59 Å². The number of rotatable bonds is 12. The standard InChI is InChI=1S/C15H26O4/c1-2-3-10-13-19-15(18)12-9-7-5-4-6-8-11-14(16)17/h10,13H,2-9,11-12H2,1H3,(H,16,17). The maximum atomic E-state index is 11.3. The molecule has 0 aromatic rings. The van der Waals surface area contributed by atoms with E-state index in [-0.39, 0.29) is 12.4 Å². The van der Waals surface area contributed by atoms with E-state index in [0.717, 1.165) is 51.4 Å². The number of ether oxygens (including phenoxy) is 1. The minimum absolute atomic E-state index is 0.168. The zero-order valence-electron chi connectivity index (χ0n) is 11.9. The summed E-state index contributed by atoms with van der Waals surface area (Å²) >= 11 is 0. The van der Waals surface area contributed by atoms with Crippen LogP contribution in [0, 0.1) is 0 Å². The monoisotopic (exact) mass is 270 g/mol. The summed E-state index contributed by atoms with van der Waals surface area (Å²) in [5.41, 5.74) is 0. The summed E-state index contributed by atoms with van der Waals surface area (Å²) in [4.78, 5) is 21.6. The van der Waals surface area contributed by atoms with Gasteiger partial charge in [-0.1, -0.05) is 39.0 Å². The Labute approximate surface area is 115 Å². The summed E-state index contributed by atoms with van der Waals surface area (Å²) in [6.45, 7) is 2.07. The van der Waals surface area contributed by atoms with Crippen molar-refractivity contribution < 1.29 is 19.4 Å². The first kappa shape index (κ1) is 17.7. The Bertz CT molecular complexity index is 271. The molecule has 0 aliphatic heterocycles. The van der Waals surface area contributed by atoms with Gasteiger partial charge in [0.05, 0.1) is 6.26 Å². The van der Waals surface area contributed by atoms with Crippen molar-refractivity contribution in [3.05, 3.63) is 12.3 Å². The molecule has 1 N–H and O–H groups in total. The van der Waals surface area contributed by atoms with Gasteiger partial charge in [-0.2, -0.15) is 0 Å². The molecular formula is C15H26O4. The maximum Gasteiger partial charge on any atom is 0.310 e. The Morgan fingerprint density at radius 3 is 2.16 bits per heavy atom. The number of unbranched alkanes of at least 4 members (excludes halogenated alkanes) is 6. The smallest absolute Gasteiger partial charge is 0.310 e. The molecule has 0 radical (unpaired) electrons. The summed E-state index contributed by atoms with van der Waals surface area (Å²) in [6, 6.07) is 0. The second kappa shape index (κ2) is 13.1. The Hall–Kier alpha value is -1.32. The van der Waals surface area contributed by atoms with Crippen molar-refractivity contribution in [1.29, 1.82) is 0 Å². The van der Waals surface area contributed by atoms with Crippen molar-refractivity contribution in [3.63, 3.8) is 0 Å². The van der Waals surface area contributed by atoms with Crippen LogP contribution in [0.3, 0.4) is 0 Å². The molecule has 0 fully saturated rings. The van der Waals surface area contributed by atoms with Crippen LogP contribution in [0.4, 0.5) is 0 Å². The maximum absolute atomic E-state index is 11.3. The molecule has 0 spiro atoms. The van der Waals surface area contributed by atoms with E-state index >= 15 is 0 Å². The van der Waals surface area contributed by atoms with Crippen LogP contribution >= 0.6 is 0 Å². The van der Waals surface area contributed by atoms with E-state index in [4.69, 9.17) is 9.84 Å². The third-order valence-electron chi connectivity index (χ3n) is 2.77. The molecular weight excluding hydrogens is 244 g/mol. The highest BCUT2D eigenvalue weighted by Crippen LogP contribution is 2.09. The number of carbonyl (C=O) groups is 2. The molecule has 0 amide bonds. The lowest BCUT2D eigenvalue weighted by molar-refractivity contribution is -0.138. The van der Waals surface area contributed by atoms with Crippen LogP contribution in [0.5, 0.6) is 0 Å². The average molecular weight is 270 g/mol. The van der Waals surface area contributed by atoms with Gasteiger partial charge in [-0.05, 0) is 25.3 Å². The third-order valence-corrected chi connectivity index (χ3v) is 2.77. The van der Waals surface area contributed by atoms with Gasteiger partial charge in [-0.25, -0.2) is 0 Å². The summed E-state index contributed by atoms with van der Waals surface area (Å²) in [6.07, 6.45) is 11.7. The number of hydrogen-bond acceptors (Lipinski definition) is 3. The molecule has 0 atom stereocenters. The number of aliphatic carboxylic acids is 1. The number of carbonyl (C=O) groups excluding carboxylic acids is 1. The van der Waals surface area contributed by atoms with Crippen LogP contribution in [-0.2, 0) is 14.3 Å². The topological polar surface area (TPSA) is 63.6 Å². The lowest BCUT2D eigenvalue weighted by Gasteiger charge is -2.01. The summed E-state index contributed by atoms with van der Waals surface area (Å²) in [5, 5.41) is 8.46. The normalized spacial score (nSPS) is 10.8. The van der Waals surface area contributed by atoms with E-state index < -0.39 is 5.97 Å². The van der Waals surface area contributed by atoms with Gasteiger partial charge in [-0.15, -0.1) is 0 Å². The zero-order valence-corrected chi connectivity index (χ0v) is 11.9. The van der Waals surface area contributed by atoms with Crippen LogP contribution in [0.1, 0.15) is 71.1 Å². The van der Waals surface area contributed by atoms with Crippen LogP contribution in [0.15, 0.2) is 12.3 Å². The molecule has 0 aliphatic rings. The van der Waals surface area contributed by atoms with Crippen LogP contribution < -0.4 is 0 Å². The minimum atomic E-state index is -0.723. The van der Waals surface area contributed by atoms with Crippen LogP contribution in [0.2, 0.25) is 0 Å². The number of carboxylic acid groups (broad SMARTS) is 1. The number of allylic oxidation sites excluding steroid dienone is 1. The van der Waals surface area contributed by atoms with Crippen LogP contribution in [-0.4, -0.2) is 17.0 Å². The Morgan fingerprint density at radius 1 is 1.00 bits per heavy atom. The fourth-order valence-corrected chi connectivity index (χ4v) is 1.67. The Morgan fingerprint density at radius 2 is 1.58 bits per heavy atom. The highest BCUT2D eigenvalue weighted by atomic mass is 16.5. The van der Waals surface area contributed by atoms with E-state index in [2.05, 4.69) is 6.92 Å². The van der Waals surface area contributed by atoms with E-state index in [1.165, 1.54) is 6.26 Å². The molecule has 0 bridgehead atoms. The quantitative estimate of drug-likeness (QED) is 0.330. The second-order valence-corrected chi connectivity index (χ2v) is 4.67. The van der Waals surface area contributed by atoms with Crippen molar-refractivity contribution in [2.45, 2.75) is 71.1 Å². The van der Waals surface area contributed by atoms with E-state index in [1.54, 1.807) is 0 Å². The minimum Gasteiger partial charge on any atom is -0.481 e. The lowest BCUT2D eigenvalue weighted by atomic mass is 10.1. The highest BCUT2D eigenvalue weighted by molar-refractivity contribution is 5.69. The average Bonchev–Trinajstić information content (AvgIpc) is 2.37. The zero-order chi connectivity index (χ0) is 14.3. The largest absolute Gasteiger partial charge is 0.481 e. The van der Waals surface area contributed by atoms with Gasteiger partial charge in [0.2, 0.25) is 0 Å². The van der Waals surface area contributed by atoms with Crippen molar-refractivity contribution in [2.24, 2.45) is 0 Å². The van der Waals surface area contributed by atoms with Gasteiger partial charge >= 0.3 is 11.9 Å². The van der Waals surface area contributed by atoms with E-state index in [9.17, 15) is 9.59 Å². The lowest BCUT2D eigenvalue weighted by Crippen LogP contribution is -1.99. The fourth-order valence-electron chi connectivity index (χ4n) is 1.67. The van der Waals surface area contributed by atoms with Gasteiger partial charge < -0.3 is 9.84 Å². The van der Waals surface area contributed by atoms with E-state index in [1.807, 2.05) is 6.08 Å². The van der Waals surface area contributed by atoms with Crippen molar-refractivity contribution in [2.75, 3.05) is 0 Å². The predicted octanol–water partition coefficient (Wildman–Crippen LogP) is 4.05. The molecule has 19 heavy (non-hydrogen) atoms. The Kier molecular flexibility index (Phi) is 12.2.